The highest BCUT2D eigenvalue weighted by Gasteiger charge is 2.49. The van der Waals surface area contributed by atoms with Gasteiger partial charge in [-0.2, -0.15) is 0 Å². The van der Waals surface area contributed by atoms with E-state index in [2.05, 4.69) is 5.32 Å². The molecule has 1 unspecified atom stereocenters. The Bertz CT molecular complexity index is 881. The third-order valence-electron chi connectivity index (χ3n) is 3.92. The summed E-state index contributed by atoms with van der Waals surface area (Å²) >= 11 is 0. The van der Waals surface area contributed by atoms with Crippen molar-refractivity contribution in [2.75, 3.05) is 5.32 Å². The summed E-state index contributed by atoms with van der Waals surface area (Å²) in [4.78, 5) is 12.3. The Hall–Kier alpha value is -2.59. The normalized spacial score (nSPS) is 20.6. The number of benzene rings is 2. The van der Waals surface area contributed by atoms with E-state index in [0.717, 1.165) is 10.9 Å². The third kappa shape index (κ3) is 1.56. The smallest absolute Gasteiger partial charge is 0.269 e. The Kier molecular flexibility index (Phi) is 2.30. The van der Waals surface area contributed by atoms with E-state index in [1.807, 2.05) is 31.2 Å². The van der Waals surface area contributed by atoms with E-state index in [1.54, 1.807) is 24.3 Å². The van der Waals surface area contributed by atoms with Crippen molar-refractivity contribution in [1.29, 1.82) is 0 Å². The molecule has 0 spiro atoms. The molecule has 1 amide bonds. The van der Waals surface area contributed by atoms with Crippen LogP contribution in [0.3, 0.4) is 0 Å². The molecule has 0 aliphatic carbocycles. The zero-order valence-electron chi connectivity index (χ0n) is 11.4. The van der Waals surface area contributed by atoms with Crippen LogP contribution in [0.5, 0.6) is 0 Å². The van der Waals surface area contributed by atoms with E-state index in [4.69, 9.17) is 4.42 Å². The van der Waals surface area contributed by atoms with Gasteiger partial charge in [-0.05, 0) is 31.2 Å². The average Bonchev–Trinajstić information content (AvgIpc) is 3.00. The summed E-state index contributed by atoms with van der Waals surface area (Å²) in [6.45, 7) is 1.98. The maximum absolute atomic E-state index is 12.3. The second-order valence-corrected chi connectivity index (χ2v) is 5.36. The van der Waals surface area contributed by atoms with Gasteiger partial charge in [0.1, 0.15) is 5.58 Å². The Balaban J connectivity index is 1.96. The summed E-state index contributed by atoms with van der Waals surface area (Å²) < 4.78 is 5.73. The fraction of sp³-hybridized carbons (Fsp3) is 0.118. The fourth-order valence-corrected chi connectivity index (χ4v) is 2.83. The van der Waals surface area contributed by atoms with E-state index in [1.165, 1.54) is 0 Å². The van der Waals surface area contributed by atoms with E-state index in [9.17, 15) is 9.90 Å². The second kappa shape index (κ2) is 3.96. The SMILES string of the molecule is Cc1ccc2oc(C3(O)C(=O)Nc4ccccc43)cc2c1. The van der Waals surface area contributed by atoms with Gasteiger partial charge < -0.3 is 14.8 Å². The molecule has 1 aromatic heterocycles. The second-order valence-electron chi connectivity index (χ2n) is 5.36. The van der Waals surface area contributed by atoms with Crippen molar-refractivity contribution in [3.05, 3.63) is 65.4 Å². The van der Waals surface area contributed by atoms with Gasteiger partial charge in [0.25, 0.3) is 5.91 Å². The zero-order valence-corrected chi connectivity index (χ0v) is 11.4. The summed E-state index contributed by atoms with van der Waals surface area (Å²) in [7, 11) is 0. The number of carbonyl (C=O) groups is 1. The molecule has 0 radical (unpaired) electrons. The lowest BCUT2D eigenvalue weighted by molar-refractivity contribution is -0.130. The van der Waals surface area contributed by atoms with Crippen LogP contribution in [-0.4, -0.2) is 11.0 Å². The molecular formula is C17H13NO3. The van der Waals surface area contributed by atoms with Crippen molar-refractivity contribution in [2.45, 2.75) is 12.5 Å². The van der Waals surface area contributed by atoms with Crippen LogP contribution in [0.1, 0.15) is 16.9 Å². The van der Waals surface area contributed by atoms with E-state index < -0.39 is 11.5 Å². The number of hydrogen-bond donors (Lipinski definition) is 2. The van der Waals surface area contributed by atoms with Crippen molar-refractivity contribution in [3.8, 4) is 0 Å². The van der Waals surface area contributed by atoms with E-state index >= 15 is 0 Å². The lowest BCUT2D eigenvalue weighted by Crippen LogP contribution is -2.34. The van der Waals surface area contributed by atoms with Gasteiger partial charge in [-0.25, -0.2) is 0 Å². The Morgan fingerprint density at radius 3 is 2.81 bits per heavy atom. The Morgan fingerprint density at radius 2 is 1.95 bits per heavy atom. The first kappa shape index (κ1) is 12.2. The first-order valence-corrected chi connectivity index (χ1v) is 6.73. The highest BCUT2D eigenvalue weighted by atomic mass is 16.4. The van der Waals surface area contributed by atoms with Gasteiger partial charge in [-0.15, -0.1) is 0 Å². The number of para-hydroxylation sites is 1. The molecule has 2 heterocycles. The molecule has 0 saturated carbocycles. The Labute approximate surface area is 121 Å². The van der Waals surface area contributed by atoms with E-state index in [-0.39, 0.29) is 5.76 Å². The highest BCUT2D eigenvalue weighted by Crippen LogP contribution is 2.42. The molecule has 104 valence electrons. The molecular weight excluding hydrogens is 266 g/mol. The highest BCUT2D eigenvalue weighted by molar-refractivity contribution is 6.07. The van der Waals surface area contributed by atoms with Crippen molar-refractivity contribution in [1.82, 2.24) is 0 Å². The lowest BCUT2D eigenvalue weighted by Gasteiger charge is -2.17. The topological polar surface area (TPSA) is 62.5 Å². The number of carbonyl (C=O) groups excluding carboxylic acids is 1. The molecule has 4 nitrogen and oxygen atoms in total. The minimum absolute atomic E-state index is 0.241. The van der Waals surface area contributed by atoms with Crippen LogP contribution in [0.4, 0.5) is 5.69 Å². The molecule has 0 fully saturated rings. The van der Waals surface area contributed by atoms with Gasteiger partial charge in [0.05, 0.1) is 0 Å². The molecule has 1 aliphatic heterocycles. The van der Waals surface area contributed by atoms with Crippen LogP contribution in [-0.2, 0) is 10.4 Å². The van der Waals surface area contributed by atoms with Crippen molar-refractivity contribution < 1.29 is 14.3 Å². The standard InChI is InChI=1S/C17H13NO3/c1-10-6-7-14-11(8-10)9-15(21-14)17(20)12-4-2-3-5-13(12)18-16(17)19/h2-9,20H,1H3,(H,18,19). The Morgan fingerprint density at radius 1 is 1.14 bits per heavy atom. The first-order chi connectivity index (χ1) is 10.1. The maximum atomic E-state index is 12.3. The summed E-state index contributed by atoms with van der Waals surface area (Å²) in [5.41, 5.74) is 1.11. The third-order valence-corrected chi connectivity index (χ3v) is 3.92. The van der Waals surface area contributed by atoms with Crippen molar-refractivity contribution in [2.24, 2.45) is 0 Å². The van der Waals surface area contributed by atoms with E-state index in [0.29, 0.717) is 16.8 Å². The number of aliphatic hydroxyl groups is 1. The van der Waals surface area contributed by atoms with Crippen LogP contribution < -0.4 is 5.32 Å². The molecule has 2 N–H and O–H groups in total. The first-order valence-electron chi connectivity index (χ1n) is 6.73. The summed E-state index contributed by atoms with van der Waals surface area (Å²) in [5.74, 6) is -0.245. The van der Waals surface area contributed by atoms with Gasteiger partial charge in [0.2, 0.25) is 5.60 Å². The predicted octanol–water partition coefficient (Wildman–Crippen LogP) is 2.93. The monoisotopic (exact) mass is 279 g/mol. The predicted molar refractivity (Wildman–Crippen MR) is 79.0 cm³/mol. The minimum atomic E-state index is -1.77. The van der Waals surface area contributed by atoms with Gasteiger partial charge in [0.15, 0.2) is 5.76 Å². The van der Waals surface area contributed by atoms with Crippen LogP contribution in [0.15, 0.2) is 52.9 Å². The van der Waals surface area contributed by atoms with Gasteiger partial charge >= 0.3 is 0 Å². The molecule has 0 bridgehead atoms. The quantitative estimate of drug-likeness (QED) is 0.720. The molecule has 3 aromatic rings. The van der Waals surface area contributed by atoms with Gasteiger partial charge in [-0.1, -0.05) is 29.8 Å². The van der Waals surface area contributed by atoms with Crippen LogP contribution in [0.2, 0.25) is 0 Å². The lowest BCUT2D eigenvalue weighted by atomic mass is 9.92. The van der Waals surface area contributed by atoms with Gasteiger partial charge in [0, 0.05) is 16.6 Å². The number of amides is 1. The summed E-state index contributed by atoms with van der Waals surface area (Å²) in [6, 6.07) is 14.6. The van der Waals surface area contributed by atoms with Gasteiger partial charge in [-0.3, -0.25) is 4.79 Å². The number of fused-ring (bicyclic) bond motifs is 2. The molecule has 21 heavy (non-hydrogen) atoms. The average molecular weight is 279 g/mol. The van der Waals surface area contributed by atoms with Crippen molar-refractivity contribution >= 4 is 22.6 Å². The summed E-state index contributed by atoms with van der Waals surface area (Å²) in [6.07, 6.45) is 0. The molecule has 0 saturated heterocycles. The van der Waals surface area contributed by atoms with Crippen molar-refractivity contribution in [3.63, 3.8) is 0 Å². The molecule has 4 rings (SSSR count). The molecule has 2 aromatic carbocycles. The number of aryl methyl sites for hydroxylation is 1. The number of nitrogens with one attached hydrogen (secondary N) is 1. The van der Waals surface area contributed by atoms with Crippen LogP contribution in [0.25, 0.3) is 11.0 Å². The molecule has 4 heteroatoms. The molecule has 1 aliphatic rings. The number of rotatable bonds is 1. The summed E-state index contributed by atoms with van der Waals surface area (Å²) in [5, 5.41) is 14.5. The minimum Gasteiger partial charge on any atom is -0.457 e. The zero-order chi connectivity index (χ0) is 14.6. The number of hydrogen-bond acceptors (Lipinski definition) is 3. The maximum Gasteiger partial charge on any atom is 0.269 e. The largest absolute Gasteiger partial charge is 0.457 e. The van der Waals surface area contributed by atoms with Crippen LogP contribution >= 0.6 is 0 Å². The number of furan rings is 1. The molecule has 1 atom stereocenters. The number of anilines is 1. The fourth-order valence-electron chi connectivity index (χ4n) is 2.83. The van der Waals surface area contributed by atoms with Crippen LogP contribution in [0, 0.1) is 6.92 Å².